The van der Waals surface area contributed by atoms with E-state index in [9.17, 15) is 0 Å². The maximum Gasteiger partial charge on any atom is 0.134 e. The first kappa shape index (κ1) is 15.5. The number of nitrogens with one attached hydrogen (secondary N) is 1. The van der Waals surface area contributed by atoms with Crippen molar-refractivity contribution in [2.24, 2.45) is 0 Å². The molecule has 3 nitrogen and oxygen atoms in total. The summed E-state index contributed by atoms with van der Waals surface area (Å²) in [5, 5.41) is 3.38. The minimum absolute atomic E-state index is 0.536. The van der Waals surface area contributed by atoms with Crippen LogP contribution >= 0.6 is 0 Å². The molecule has 0 aliphatic rings. The first-order valence-electron chi connectivity index (χ1n) is 7.62. The molecule has 0 saturated carbocycles. The van der Waals surface area contributed by atoms with Gasteiger partial charge in [0.2, 0.25) is 0 Å². The lowest BCUT2D eigenvalue weighted by Gasteiger charge is -2.12. The lowest BCUT2D eigenvalue weighted by atomic mass is 10.0. The highest BCUT2D eigenvalue weighted by molar-refractivity contribution is 5.37. The number of nitrogens with zero attached hydrogens (tertiary/aromatic N) is 1. The van der Waals surface area contributed by atoms with E-state index in [1.807, 2.05) is 24.4 Å². The summed E-state index contributed by atoms with van der Waals surface area (Å²) in [7, 11) is 0. The molecule has 1 aromatic heterocycles. The zero-order chi connectivity index (χ0) is 15.1. The van der Waals surface area contributed by atoms with E-state index in [0.29, 0.717) is 5.92 Å². The van der Waals surface area contributed by atoms with Crippen LogP contribution in [0.3, 0.4) is 0 Å². The van der Waals surface area contributed by atoms with Crippen LogP contribution in [0.1, 0.15) is 44.2 Å². The van der Waals surface area contributed by atoms with Crippen LogP contribution in [-0.4, -0.2) is 11.5 Å². The van der Waals surface area contributed by atoms with Crippen molar-refractivity contribution in [1.82, 2.24) is 10.3 Å². The molecule has 2 aromatic rings. The zero-order valence-corrected chi connectivity index (χ0v) is 13.1. The zero-order valence-electron chi connectivity index (χ0n) is 13.1. The van der Waals surface area contributed by atoms with Crippen molar-refractivity contribution in [2.75, 3.05) is 6.54 Å². The Morgan fingerprint density at radius 1 is 1.14 bits per heavy atom. The third-order valence-electron chi connectivity index (χ3n) is 3.38. The van der Waals surface area contributed by atoms with Gasteiger partial charge in [0, 0.05) is 24.5 Å². The fourth-order valence-electron chi connectivity index (χ4n) is 2.09. The van der Waals surface area contributed by atoms with E-state index < -0.39 is 0 Å². The van der Waals surface area contributed by atoms with E-state index in [1.165, 1.54) is 5.56 Å². The van der Waals surface area contributed by atoms with Crippen molar-refractivity contribution in [3.8, 4) is 11.5 Å². The summed E-state index contributed by atoms with van der Waals surface area (Å²) in [6.07, 6.45) is 4.74. The Labute approximate surface area is 127 Å². The summed E-state index contributed by atoms with van der Waals surface area (Å²) in [4.78, 5) is 4.18. The predicted molar refractivity (Wildman–Crippen MR) is 86.8 cm³/mol. The van der Waals surface area contributed by atoms with E-state index in [0.717, 1.165) is 36.6 Å². The largest absolute Gasteiger partial charge is 0.457 e. The van der Waals surface area contributed by atoms with Crippen molar-refractivity contribution in [3.63, 3.8) is 0 Å². The van der Waals surface area contributed by atoms with Crippen molar-refractivity contribution >= 4 is 0 Å². The summed E-state index contributed by atoms with van der Waals surface area (Å²) < 4.78 is 5.99. The second-order valence-corrected chi connectivity index (χ2v) is 5.49. The molecular formula is C18H24N2O. The minimum atomic E-state index is 0.536. The van der Waals surface area contributed by atoms with Gasteiger partial charge in [0.1, 0.15) is 11.5 Å². The lowest BCUT2D eigenvalue weighted by molar-refractivity contribution is 0.471. The first-order chi connectivity index (χ1) is 10.2. The first-order valence-corrected chi connectivity index (χ1v) is 7.62. The second kappa shape index (κ2) is 7.79. The van der Waals surface area contributed by atoms with Crippen LogP contribution < -0.4 is 10.1 Å². The molecule has 3 heteroatoms. The van der Waals surface area contributed by atoms with Gasteiger partial charge in [0.15, 0.2) is 0 Å². The van der Waals surface area contributed by atoms with Crippen molar-refractivity contribution in [3.05, 3.63) is 53.9 Å². The standard InChI is InChI=1S/C18H24N2O/c1-4-10-19-12-16-13-20-11-9-18(16)21-17-7-5-15(6-8-17)14(2)3/h5-9,11,13-14,19H,4,10,12H2,1-3H3. The fourth-order valence-corrected chi connectivity index (χ4v) is 2.09. The van der Waals surface area contributed by atoms with Gasteiger partial charge in [-0.2, -0.15) is 0 Å². The molecule has 0 aliphatic carbocycles. The Morgan fingerprint density at radius 3 is 2.57 bits per heavy atom. The lowest BCUT2D eigenvalue weighted by Crippen LogP contribution is -2.14. The van der Waals surface area contributed by atoms with Gasteiger partial charge < -0.3 is 10.1 Å². The molecule has 1 aromatic carbocycles. The summed E-state index contributed by atoms with van der Waals surface area (Å²) in [5.74, 6) is 2.27. The highest BCUT2D eigenvalue weighted by Crippen LogP contribution is 2.26. The number of hydrogen-bond donors (Lipinski definition) is 1. The summed E-state index contributed by atoms with van der Waals surface area (Å²) in [6, 6.07) is 10.2. The Bertz CT molecular complexity index is 549. The molecule has 1 heterocycles. The molecule has 2 rings (SSSR count). The molecule has 0 radical (unpaired) electrons. The predicted octanol–water partition coefficient (Wildman–Crippen LogP) is 4.50. The highest BCUT2D eigenvalue weighted by atomic mass is 16.5. The monoisotopic (exact) mass is 284 g/mol. The molecule has 0 aliphatic heterocycles. The van der Waals surface area contributed by atoms with Gasteiger partial charge >= 0.3 is 0 Å². The van der Waals surface area contributed by atoms with Crippen LogP contribution in [0.2, 0.25) is 0 Å². The smallest absolute Gasteiger partial charge is 0.134 e. The number of rotatable bonds is 7. The maximum atomic E-state index is 5.99. The topological polar surface area (TPSA) is 34.2 Å². The average Bonchev–Trinajstić information content (AvgIpc) is 2.50. The number of pyridine rings is 1. The van der Waals surface area contributed by atoms with Crippen molar-refractivity contribution < 1.29 is 4.74 Å². The minimum Gasteiger partial charge on any atom is -0.457 e. The van der Waals surface area contributed by atoms with Gasteiger partial charge in [0.25, 0.3) is 0 Å². The van der Waals surface area contributed by atoms with E-state index in [4.69, 9.17) is 4.74 Å². The molecule has 1 N–H and O–H groups in total. The Morgan fingerprint density at radius 2 is 1.90 bits per heavy atom. The van der Waals surface area contributed by atoms with Crippen LogP contribution in [0.15, 0.2) is 42.7 Å². The number of benzene rings is 1. The van der Waals surface area contributed by atoms with Crippen LogP contribution in [0.5, 0.6) is 11.5 Å². The third-order valence-corrected chi connectivity index (χ3v) is 3.38. The van der Waals surface area contributed by atoms with Crippen molar-refractivity contribution in [2.45, 2.75) is 39.7 Å². The Balaban J connectivity index is 2.08. The van der Waals surface area contributed by atoms with E-state index >= 15 is 0 Å². The molecule has 0 saturated heterocycles. The van der Waals surface area contributed by atoms with Gasteiger partial charge in [-0.25, -0.2) is 0 Å². The molecule has 0 bridgehead atoms. The number of hydrogen-bond acceptors (Lipinski definition) is 3. The van der Waals surface area contributed by atoms with Gasteiger partial charge in [-0.15, -0.1) is 0 Å². The molecule has 21 heavy (non-hydrogen) atoms. The van der Waals surface area contributed by atoms with Gasteiger partial charge in [-0.05, 0) is 42.6 Å². The van der Waals surface area contributed by atoms with Crippen LogP contribution in [0.25, 0.3) is 0 Å². The molecule has 0 amide bonds. The molecule has 112 valence electrons. The van der Waals surface area contributed by atoms with E-state index in [1.54, 1.807) is 6.20 Å². The normalized spacial score (nSPS) is 10.9. The highest BCUT2D eigenvalue weighted by Gasteiger charge is 2.05. The summed E-state index contributed by atoms with van der Waals surface area (Å²) in [5.41, 5.74) is 2.40. The molecule has 0 unspecified atom stereocenters. The third kappa shape index (κ3) is 4.57. The van der Waals surface area contributed by atoms with Crippen molar-refractivity contribution in [1.29, 1.82) is 0 Å². The SMILES string of the molecule is CCCNCc1cnccc1Oc1ccc(C(C)C)cc1. The Hall–Kier alpha value is -1.87. The Kier molecular flexibility index (Phi) is 5.76. The quantitative estimate of drug-likeness (QED) is 0.760. The van der Waals surface area contributed by atoms with Crippen LogP contribution in [0.4, 0.5) is 0 Å². The van der Waals surface area contributed by atoms with Gasteiger partial charge in [0.05, 0.1) is 0 Å². The maximum absolute atomic E-state index is 5.99. The molecule has 0 atom stereocenters. The second-order valence-electron chi connectivity index (χ2n) is 5.49. The van der Waals surface area contributed by atoms with Crippen LogP contribution in [-0.2, 0) is 6.54 Å². The van der Waals surface area contributed by atoms with Crippen LogP contribution in [0, 0.1) is 0 Å². The average molecular weight is 284 g/mol. The summed E-state index contributed by atoms with van der Waals surface area (Å²) >= 11 is 0. The van der Waals surface area contributed by atoms with E-state index in [-0.39, 0.29) is 0 Å². The molecular weight excluding hydrogens is 260 g/mol. The molecule has 0 spiro atoms. The van der Waals surface area contributed by atoms with Gasteiger partial charge in [-0.1, -0.05) is 32.9 Å². The number of aromatic nitrogens is 1. The number of ether oxygens (including phenoxy) is 1. The van der Waals surface area contributed by atoms with E-state index in [2.05, 4.69) is 43.2 Å². The summed E-state index contributed by atoms with van der Waals surface area (Å²) in [6.45, 7) is 8.31. The molecule has 0 fully saturated rings. The fraction of sp³-hybridized carbons (Fsp3) is 0.389. The van der Waals surface area contributed by atoms with Gasteiger partial charge in [-0.3, -0.25) is 4.98 Å².